The number of rotatable bonds is 4. The van der Waals surface area contributed by atoms with Crippen LogP contribution in [0.15, 0.2) is 41.8 Å². The Labute approximate surface area is 156 Å². The van der Waals surface area contributed by atoms with Gasteiger partial charge in [-0.3, -0.25) is 14.5 Å². The third kappa shape index (κ3) is 4.39. The van der Waals surface area contributed by atoms with Gasteiger partial charge in [-0.15, -0.1) is 11.3 Å². The molecular formula is C18H20ClN3O2S. The summed E-state index contributed by atoms with van der Waals surface area (Å²) in [6, 6.07) is 10.6. The number of benzene rings is 1. The van der Waals surface area contributed by atoms with Gasteiger partial charge in [-0.2, -0.15) is 0 Å². The minimum Gasteiger partial charge on any atom is -0.335 e. The molecule has 1 aliphatic heterocycles. The van der Waals surface area contributed by atoms with Gasteiger partial charge in [0.1, 0.15) is 0 Å². The van der Waals surface area contributed by atoms with E-state index in [2.05, 4.69) is 10.2 Å². The van der Waals surface area contributed by atoms with Crippen LogP contribution in [0.25, 0.3) is 0 Å². The smallest absolute Gasteiger partial charge is 0.264 e. The van der Waals surface area contributed by atoms with E-state index in [0.717, 1.165) is 4.88 Å². The Kier molecular flexibility index (Phi) is 5.73. The molecule has 1 fully saturated rings. The Hall–Kier alpha value is -1.89. The quantitative estimate of drug-likeness (QED) is 0.890. The number of thiophene rings is 1. The van der Waals surface area contributed by atoms with Crippen LogP contribution in [-0.2, 0) is 4.79 Å². The molecule has 132 valence electrons. The number of anilines is 1. The molecule has 7 heteroatoms. The van der Waals surface area contributed by atoms with E-state index in [1.165, 1.54) is 11.3 Å². The lowest BCUT2D eigenvalue weighted by atomic mass is 10.2. The molecule has 1 aromatic heterocycles. The Bertz CT molecular complexity index is 743. The fourth-order valence-corrected chi connectivity index (χ4v) is 3.73. The Morgan fingerprint density at radius 3 is 2.56 bits per heavy atom. The van der Waals surface area contributed by atoms with E-state index in [1.54, 1.807) is 18.2 Å². The first kappa shape index (κ1) is 17.9. The molecule has 5 nitrogen and oxygen atoms in total. The highest BCUT2D eigenvalue weighted by Gasteiger charge is 2.28. The van der Waals surface area contributed by atoms with Crippen molar-refractivity contribution < 1.29 is 9.59 Å². The summed E-state index contributed by atoms with van der Waals surface area (Å²) < 4.78 is 0. The Morgan fingerprint density at radius 2 is 1.92 bits per heavy atom. The van der Waals surface area contributed by atoms with E-state index < -0.39 is 0 Å². The van der Waals surface area contributed by atoms with Crippen molar-refractivity contribution in [1.82, 2.24) is 9.80 Å². The fraction of sp³-hybridized carbons (Fsp3) is 0.333. The normalized spacial score (nSPS) is 16.5. The second-order valence-corrected chi connectivity index (χ2v) is 7.37. The van der Waals surface area contributed by atoms with Gasteiger partial charge in [0.15, 0.2) is 0 Å². The van der Waals surface area contributed by atoms with Gasteiger partial charge in [0, 0.05) is 36.9 Å². The van der Waals surface area contributed by atoms with Gasteiger partial charge in [0.25, 0.3) is 5.91 Å². The minimum absolute atomic E-state index is 0.0692. The van der Waals surface area contributed by atoms with Crippen LogP contribution in [-0.4, -0.2) is 53.8 Å². The average molecular weight is 378 g/mol. The zero-order valence-electron chi connectivity index (χ0n) is 13.9. The summed E-state index contributed by atoms with van der Waals surface area (Å²) >= 11 is 7.41. The summed E-state index contributed by atoms with van der Waals surface area (Å²) in [4.78, 5) is 29.5. The molecule has 25 heavy (non-hydrogen) atoms. The Morgan fingerprint density at radius 1 is 1.16 bits per heavy atom. The maximum atomic E-state index is 12.5. The van der Waals surface area contributed by atoms with Gasteiger partial charge < -0.3 is 10.2 Å². The molecule has 2 aromatic rings. The highest BCUT2D eigenvalue weighted by molar-refractivity contribution is 7.12. The number of nitrogens with one attached hydrogen (secondary N) is 1. The molecule has 1 aliphatic rings. The number of hydrogen-bond donors (Lipinski definition) is 1. The lowest BCUT2D eigenvalue weighted by Gasteiger charge is -2.37. The van der Waals surface area contributed by atoms with Crippen molar-refractivity contribution in [3.05, 3.63) is 51.7 Å². The van der Waals surface area contributed by atoms with Gasteiger partial charge in [-0.1, -0.05) is 23.7 Å². The van der Waals surface area contributed by atoms with Crippen LogP contribution in [0.1, 0.15) is 16.6 Å². The first-order valence-corrected chi connectivity index (χ1v) is 9.43. The summed E-state index contributed by atoms with van der Waals surface area (Å²) in [6.07, 6.45) is 0. The van der Waals surface area contributed by atoms with Gasteiger partial charge in [0.05, 0.1) is 10.9 Å². The maximum Gasteiger partial charge on any atom is 0.264 e. The molecule has 1 atom stereocenters. The van der Waals surface area contributed by atoms with Crippen LogP contribution in [0.4, 0.5) is 5.69 Å². The number of halogens is 1. The summed E-state index contributed by atoms with van der Waals surface area (Å²) in [5, 5.41) is 5.39. The van der Waals surface area contributed by atoms with Crippen molar-refractivity contribution in [2.24, 2.45) is 0 Å². The van der Waals surface area contributed by atoms with E-state index >= 15 is 0 Å². The van der Waals surface area contributed by atoms with Crippen LogP contribution in [0.5, 0.6) is 0 Å². The Balaban J connectivity index is 1.53. The lowest BCUT2D eigenvalue weighted by molar-refractivity contribution is -0.121. The summed E-state index contributed by atoms with van der Waals surface area (Å²) in [5.41, 5.74) is 0.691. The van der Waals surface area contributed by atoms with Crippen molar-refractivity contribution in [2.75, 3.05) is 31.5 Å². The fourth-order valence-electron chi connectivity index (χ4n) is 2.85. The van der Waals surface area contributed by atoms with Crippen LogP contribution >= 0.6 is 22.9 Å². The van der Waals surface area contributed by atoms with Crippen molar-refractivity contribution in [1.29, 1.82) is 0 Å². The second-order valence-electron chi connectivity index (χ2n) is 5.98. The molecule has 0 saturated carbocycles. The van der Waals surface area contributed by atoms with Gasteiger partial charge in [-0.25, -0.2) is 0 Å². The van der Waals surface area contributed by atoms with E-state index in [9.17, 15) is 9.59 Å². The van der Waals surface area contributed by atoms with Crippen molar-refractivity contribution >= 4 is 40.4 Å². The molecular weight excluding hydrogens is 358 g/mol. The zero-order valence-corrected chi connectivity index (χ0v) is 15.5. The predicted molar refractivity (Wildman–Crippen MR) is 101 cm³/mol. The molecule has 0 bridgehead atoms. The molecule has 1 N–H and O–H groups in total. The van der Waals surface area contributed by atoms with Crippen LogP contribution in [0.2, 0.25) is 5.02 Å². The third-order valence-corrected chi connectivity index (χ3v) is 5.45. The number of amides is 2. The first-order chi connectivity index (χ1) is 12.0. The molecule has 2 heterocycles. The monoisotopic (exact) mass is 377 g/mol. The lowest BCUT2D eigenvalue weighted by Crippen LogP contribution is -2.53. The molecule has 1 saturated heterocycles. The van der Waals surface area contributed by atoms with Crippen molar-refractivity contribution in [2.45, 2.75) is 13.0 Å². The maximum absolute atomic E-state index is 12.5. The zero-order chi connectivity index (χ0) is 17.8. The number of carbonyl (C=O) groups is 2. The molecule has 1 aromatic carbocycles. The van der Waals surface area contributed by atoms with E-state index in [4.69, 9.17) is 11.6 Å². The average Bonchev–Trinajstić information content (AvgIpc) is 3.15. The largest absolute Gasteiger partial charge is 0.335 e. The highest BCUT2D eigenvalue weighted by Crippen LogP contribution is 2.17. The van der Waals surface area contributed by atoms with Gasteiger partial charge >= 0.3 is 0 Å². The number of nitrogens with zero attached hydrogens (tertiary/aromatic N) is 2. The van der Waals surface area contributed by atoms with Gasteiger partial charge in [0.2, 0.25) is 5.91 Å². The van der Waals surface area contributed by atoms with Crippen LogP contribution in [0.3, 0.4) is 0 Å². The molecule has 2 amide bonds. The number of piperazine rings is 1. The second kappa shape index (κ2) is 7.99. The first-order valence-electron chi connectivity index (χ1n) is 8.18. The number of carbonyl (C=O) groups excluding carboxylic acids is 2. The summed E-state index contributed by atoms with van der Waals surface area (Å²) in [6.45, 7) is 4.51. The van der Waals surface area contributed by atoms with Crippen molar-refractivity contribution in [3.63, 3.8) is 0 Å². The summed E-state index contributed by atoms with van der Waals surface area (Å²) in [5.74, 6) is 0.00554. The molecule has 1 unspecified atom stereocenters. The van der Waals surface area contributed by atoms with Crippen molar-refractivity contribution in [3.8, 4) is 0 Å². The van der Waals surface area contributed by atoms with Crippen LogP contribution in [0, 0.1) is 0 Å². The van der Waals surface area contributed by atoms with E-state index in [0.29, 0.717) is 36.9 Å². The standard InChI is InChI=1S/C18H20ClN3O2S/c1-13(17(23)20-15-5-2-4-14(19)12-15)21-7-9-22(10-8-21)18(24)16-6-3-11-25-16/h2-6,11-13H,7-10H2,1H3,(H,20,23). The minimum atomic E-state index is -0.266. The van der Waals surface area contributed by atoms with E-state index in [1.807, 2.05) is 35.4 Å². The molecule has 3 rings (SSSR count). The topological polar surface area (TPSA) is 52.7 Å². The molecule has 0 spiro atoms. The number of hydrogen-bond acceptors (Lipinski definition) is 4. The molecule has 0 aliphatic carbocycles. The predicted octanol–water partition coefficient (Wildman–Crippen LogP) is 3.19. The third-order valence-electron chi connectivity index (χ3n) is 4.35. The van der Waals surface area contributed by atoms with Gasteiger partial charge in [-0.05, 0) is 36.6 Å². The SMILES string of the molecule is CC(C(=O)Nc1cccc(Cl)c1)N1CCN(C(=O)c2cccs2)CC1. The highest BCUT2D eigenvalue weighted by atomic mass is 35.5. The van der Waals surface area contributed by atoms with Crippen LogP contribution < -0.4 is 5.32 Å². The summed E-state index contributed by atoms with van der Waals surface area (Å²) in [7, 11) is 0. The molecule has 0 radical (unpaired) electrons. The van der Waals surface area contributed by atoms with E-state index in [-0.39, 0.29) is 17.9 Å².